The molecule has 0 aliphatic carbocycles. The number of benzene rings is 2. The molecule has 0 heterocycles. The van der Waals surface area contributed by atoms with Crippen molar-refractivity contribution in [1.29, 1.82) is 0 Å². The summed E-state index contributed by atoms with van der Waals surface area (Å²) >= 11 is 0. The number of carbonyl (C=O) groups excluding carboxylic acids is 1. The molecule has 2 aromatic rings. The SMILES string of the molecule is COc1ccc(NC(=O)N[C@@H](C)c2ccccc2)cc1OC. The van der Waals surface area contributed by atoms with Gasteiger partial charge in [-0.1, -0.05) is 30.3 Å². The third kappa shape index (κ3) is 3.91. The van der Waals surface area contributed by atoms with Gasteiger partial charge in [0.1, 0.15) is 0 Å². The van der Waals surface area contributed by atoms with E-state index in [1.165, 1.54) is 0 Å². The molecule has 0 fully saturated rings. The molecule has 0 bridgehead atoms. The van der Waals surface area contributed by atoms with Gasteiger partial charge in [0.05, 0.1) is 20.3 Å². The molecule has 0 aliphatic heterocycles. The summed E-state index contributed by atoms with van der Waals surface area (Å²) in [7, 11) is 3.12. The molecule has 0 saturated heterocycles. The molecule has 5 nitrogen and oxygen atoms in total. The third-order valence-corrected chi connectivity index (χ3v) is 3.29. The molecule has 0 saturated carbocycles. The largest absolute Gasteiger partial charge is 0.493 e. The monoisotopic (exact) mass is 300 g/mol. The van der Waals surface area contributed by atoms with Crippen LogP contribution in [-0.4, -0.2) is 20.3 Å². The molecule has 2 rings (SSSR count). The number of urea groups is 1. The average Bonchev–Trinajstić information content (AvgIpc) is 2.55. The minimum atomic E-state index is -0.274. The van der Waals surface area contributed by atoms with Crippen molar-refractivity contribution < 1.29 is 14.3 Å². The van der Waals surface area contributed by atoms with Gasteiger partial charge in [-0.05, 0) is 24.6 Å². The fourth-order valence-electron chi connectivity index (χ4n) is 2.10. The van der Waals surface area contributed by atoms with Gasteiger partial charge >= 0.3 is 6.03 Å². The van der Waals surface area contributed by atoms with Crippen molar-refractivity contribution in [2.75, 3.05) is 19.5 Å². The van der Waals surface area contributed by atoms with E-state index in [9.17, 15) is 4.79 Å². The van der Waals surface area contributed by atoms with Crippen LogP contribution in [-0.2, 0) is 0 Å². The summed E-state index contributed by atoms with van der Waals surface area (Å²) in [5.41, 5.74) is 1.68. The van der Waals surface area contributed by atoms with Gasteiger partial charge in [-0.15, -0.1) is 0 Å². The smallest absolute Gasteiger partial charge is 0.319 e. The van der Waals surface area contributed by atoms with Crippen molar-refractivity contribution in [2.45, 2.75) is 13.0 Å². The first-order valence-electron chi connectivity index (χ1n) is 6.98. The molecular weight excluding hydrogens is 280 g/mol. The molecule has 22 heavy (non-hydrogen) atoms. The second-order valence-corrected chi connectivity index (χ2v) is 4.80. The van der Waals surface area contributed by atoms with E-state index in [1.807, 2.05) is 37.3 Å². The van der Waals surface area contributed by atoms with Crippen molar-refractivity contribution in [1.82, 2.24) is 5.32 Å². The maximum atomic E-state index is 12.1. The first kappa shape index (κ1) is 15.7. The zero-order valence-corrected chi connectivity index (χ0v) is 12.9. The zero-order valence-electron chi connectivity index (χ0n) is 12.9. The second kappa shape index (κ2) is 7.36. The minimum absolute atomic E-state index is 0.0821. The molecule has 0 radical (unpaired) electrons. The predicted octanol–water partition coefficient (Wildman–Crippen LogP) is 3.59. The minimum Gasteiger partial charge on any atom is -0.493 e. The van der Waals surface area contributed by atoms with Gasteiger partial charge in [0, 0.05) is 11.8 Å². The molecule has 5 heteroatoms. The lowest BCUT2D eigenvalue weighted by Gasteiger charge is -2.15. The fraction of sp³-hybridized carbons (Fsp3) is 0.235. The van der Waals surface area contributed by atoms with Crippen molar-refractivity contribution in [3.05, 3.63) is 54.1 Å². The van der Waals surface area contributed by atoms with Crippen molar-refractivity contribution in [2.24, 2.45) is 0 Å². The molecule has 2 aromatic carbocycles. The van der Waals surface area contributed by atoms with Crippen LogP contribution in [0.4, 0.5) is 10.5 Å². The Morgan fingerprint density at radius 1 is 1.00 bits per heavy atom. The Bertz CT molecular complexity index is 629. The average molecular weight is 300 g/mol. The Labute approximate surface area is 130 Å². The highest BCUT2D eigenvalue weighted by Crippen LogP contribution is 2.29. The van der Waals surface area contributed by atoms with Gasteiger partial charge in [0.2, 0.25) is 0 Å². The molecule has 2 N–H and O–H groups in total. The number of ether oxygens (including phenoxy) is 2. The van der Waals surface area contributed by atoms with Crippen LogP contribution in [0, 0.1) is 0 Å². The predicted molar refractivity (Wildman–Crippen MR) is 86.6 cm³/mol. The normalized spacial score (nSPS) is 11.4. The lowest BCUT2D eigenvalue weighted by Crippen LogP contribution is -2.31. The Kier molecular flexibility index (Phi) is 5.25. The van der Waals surface area contributed by atoms with Gasteiger partial charge < -0.3 is 20.1 Å². The molecule has 1 atom stereocenters. The summed E-state index contributed by atoms with van der Waals surface area (Å²) in [6.45, 7) is 1.93. The van der Waals surface area contributed by atoms with E-state index in [0.29, 0.717) is 17.2 Å². The van der Waals surface area contributed by atoms with Crippen LogP contribution in [0.2, 0.25) is 0 Å². The van der Waals surface area contributed by atoms with E-state index in [1.54, 1.807) is 32.4 Å². The number of carbonyl (C=O) groups is 1. The number of nitrogens with one attached hydrogen (secondary N) is 2. The van der Waals surface area contributed by atoms with Crippen LogP contribution < -0.4 is 20.1 Å². The van der Waals surface area contributed by atoms with Gasteiger partial charge in [-0.2, -0.15) is 0 Å². The maximum Gasteiger partial charge on any atom is 0.319 e. The Morgan fingerprint density at radius 3 is 2.32 bits per heavy atom. The van der Waals surface area contributed by atoms with Crippen molar-refractivity contribution in [3.8, 4) is 11.5 Å². The van der Waals surface area contributed by atoms with Crippen molar-refractivity contribution in [3.63, 3.8) is 0 Å². The summed E-state index contributed by atoms with van der Waals surface area (Å²) in [5.74, 6) is 1.18. The van der Waals surface area contributed by atoms with Crippen molar-refractivity contribution >= 4 is 11.7 Å². The number of rotatable bonds is 5. The molecule has 0 unspecified atom stereocenters. The topological polar surface area (TPSA) is 59.6 Å². The first-order chi connectivity index (χ1) is 10.6. The Balaban J connectivity index is 2.00. The molecular formula is C17H20N2O3. The van der Waals surface area contributed by atoms with Gasteiger partial charge in [0.25, 0.3) is 0 Å². The fourth-order valence-corrected chi connectivity index (χ4v) is 2.10. The summed E-state index contributed by atoms with van der Waals surface area (Å²) < 4.78 is 10.4. The van der Waals surface area contributed by atoms with Crippen LogP contribution in [0.15, 0.2) is 48.5 Å². The van der Waals surface area contributed by atoms with E-state index >= 15 is 0 Å². The lowest BCUT2D eigenvalue weighted by molar-refractivity contribution is 0.249. The maximum absolute atomic E-state index is 12.1. The number of amides is 2. The van der Waals surface area contributed by atoms with Crippen LogP contribution >= 0.6 is 0 Å². The summed E-state index contributed by atoms with van der Waals surface area (Å²) in [5, 5.41) is 5.67. The zero-order chi connectivity index (χ0) is 15.9. The van der Waals surface area contributed by atoms with Gasteiger partial charge in [0.15, 0.2) is 11.5 Å². The van der Waals surface area contributed by atoms with E-state index in [2.05, 4.69) is 10.6 Å². The Morgan fingerprint density at radius 2 is 1.68 bits per heavy atom. The van der Waals surface area contributed by atoms with E-state index in [4.69, 9.17) is 9.47 Å². The van der Waals surface area contributed by atoms with Crippen LogP contribution in [0.5, 0.6) is 11.5 Å². The summed E-state index contributed by atoms with van der Waals surface area (Å²) in [6.07, 6.45) is 0. The number of hydrogen-bond donors (Lipinski definition) is 2. The number of hydrogen-bond acceptors (Lipinski definition) is 3. The lowest BCUT2D eigenvalue weighted by atomic mass is 10.1. The van der Waals surface area contributed by atoms with E-state index < -0.39 is 0 Å². The molecule has 0 aliphatic rings. The summed E-state index contributed by atoms with van der Waals surface area (Å²) in [4.78, 5) is 12.1. The quantitative estimate of drug-likeness (QED) is 0.887. The Hall–Kier alpha value is -2.69. The van der Waals surface area contributed by atoms with Gasteiger partial charge in [-0.25, -0.2) is 4.79 Å². The van der Waals surface area contributed by atoms with Crippen LogP contribution in [0.25, 0.3) is 0 Å². The molecule has 0 aromatic heterocycles. The molecule has 2 amide bonds. The molecule has 116 valence electrons. The highest BCUT2D eigenvalue weighted by Gasteiger charge is 2.10. The number of anilines is 1. The first-order valence-corrected chi connectivity index (χ1v) is 6.98. The van der Waals surface area contributed by atoms with Crippen LogP contribution in [0.3, 0.4) is 0 Å². The number of methoxy groups -OCH3 is 2. The van der Waals surface area contributed by atoms with E-state index in [0.717, 1.165) is 5.56 Å². The van der Waals surface area contributed by atoms with Crippen LogP contribution in [0.1, 0.15) is 18.5 Å². The second-order valence-electron chi connectivity index (χ2n) is 4.80. The molecule has 0 spiro atoms. The third-order valence-electron chi connectivity index (χ3n) is 3.29. The van der Waals surface area contributed by atoms with E-state index in [-0.39, 0.29) is 12.1 Å². The summed E-state index contributed by atoms with van der Waals surface area (Å²) in [6, 6.07) is 14.6. The highest BCUT2D eigenvalue weighted by molar-refractivity contribution is 5.89. The standard InChI is InChI=1S/C17H20N2O3/c1-12(13-7-5-4-6-8-13)18-17(20)19-14-9-10-15(21-2)16(11-14)22-3/h4-12H,1-3H3,(H2,18,19,20)/t12-/m0/s1. The highest BCUT2D eigenvalue weighted by atomic mass is 16.5. The van der Waals surface area contributed by atoms with Gasteiger partial charge in [-0.3, -0.25) is 0 Å².